The summed E-state index contributed by atoms with van der Waals surface area (Å²) in [6.45, 7) is 0.636. The first kappa shape index (κ1) is 15.6. The molecule has 1 amide bonds. The fraction of sp³-hybridized carbons (Fsp3) is 0.278. The van der Waals surface area contributed by atoms with E-state index in [1.165, 1.54) is 4.70 Å². The van der Waals surface area contributed by atoms with Crippen molar-refractivity contribution in [1.82, 2.24) is 15.3 Å². The van der Waals surface area contributed by atoms with Gasteiger partial charge in [0.2, 0.25) is 5.91 Å². The number of hydrogen-bond donors (Lipinski definition) is 1. The Morgan fingerprint density at radius 2 is 1.96 bits per heavy atom. The quantitative estimate of drug-likeness (QED) is 0.724. The third-order valence-corrected chi connectivity index (χ3v) is 4.66. The first-order valence-corrected chi connectivity index (χ1v) is 8.64. The maximum atomic E-state index is 11.8. The Labute approximate surface area is 139 Å². The summed E-state index contributed by atoms with van der Waals surface area (Å²) >= 11 is 1.71. The lowest BCUT2D eigenvalue weighted by atomic mass is 10.2. The molecule has 0 bridgehead atoms. The SMILES string of the molecule is O=C(CCCc1nc2ccccc2s1)NCCc1ccccn1. The van der Waals surface area contributed by atoms with Crippen molar-refractivity contribution in [3.05, 3.63) is 59.4 Å². The number of thiazole rings is 1. The molecule has 3 rings (SSSR count). The number of hydrogen-bond acceptors (Lipinski definition) is 4. The molecule has 23 heavy (non-hydrogen) atoms. The first-order valence-electron chi connectivity index (χ1n) is 7.82. The predicted octanol–water partition coefficient (Wildman–Crippen LogP) is 3.37. The Hall–Kier alpha value is -2.27. The molecule has 0 fully saturated rings. The van der Waals surface area contributed by atoms with Gasteiger partial charge in [-0.2, -0.15) is 0 Å². The molecule has 1 aromatic carbocycles. The van der Waals surface area contributed by atoms with Crippen LogP contribution in [-0.2, 0) is 17.6 Å². The molecule has 0 aliphatic rings. The summed E-state index contributed by atoms with van der Waals surface area (Å²) in [5.41, 5.74) is 2.05. The minimum absolute atomic E-state index is 0.0991. The molecule has 3 aromatic rings. The molecule has 0 saturated carbocycles. The van der Waals surface area contributed by atoms with E-state index < -0.39 is 0 Å². The standard InChI is InChI=1S/C18H19N3OS/c22-17(20-13-11-14-6-3-4-12-19-14)9-5-10-18-21-15-7-1-2-8-16(15)23-18/h1-4,6-8,12H,5,9-11,13H2,(H,20,22). The minimum Gasteiger partial charge on any atom is -0.356 e. The molecule has 1 N–H and O–H groups in total. The van der Waals surface area contributed by atoms with Crippen molar-refractivity contribution in [1.29, 1.82) is 0 Å². The Kier molecular flexibility index (Phi) is 5.32. The second kappa shape index (κ2) is 7.83. The van der Waals surface area contributed by atoms with Crippen LogP contribution in [-0.4, -0.2) is 22.4 Å². The van der Waals surface area contributed by atoms with Crippen LogP contribution in [0.4, 0.5) is 0 Å². The molecule has 2 aromatic heterocycles. The van der Waals surface area contributed by atoms with E-state index >= 15 is 0 Å². The predicted molar refractivity (Wildman–Crippen MR) is 93.5 cm³/mol. The number of nitrogens with zero attached hydrogens (tertiary/aromatic N) is 2. The molecule has 0 radical (unpaired) electrons. The fourth-order valence-corrected chi connectivity index (χ4v) is 3.40. The van der Waals surface area contributed by atoms with E-state index in [-0.39, 0.29) is 5.91 Å². The molecule has 4 nitrogen and oxygen atoms in total. The van der Waals surface area contributed by atoms with E-state index in [4.69, 9.17) is 0 Å². The lowest BCUT2D eigenvalue weighted by Crippen LogP contribution is -2.25. The molecule has 0 aliphatic heterocycles. The minimum atomic E-state index is 0.0991. The van der Waals surface area contributed by atoms with Gasteiger partial charge in [0.15, 0.2) is 0 Å². The smallest absolute Gasteiger partial charge is 0.220 e. The van der Waals surface area contributed by atoms with Crippen molar-refractivity contribution in [2.45, 2.75) is 25.7 Å². The summed E-state index contributed by atoms with van der Waals surface area (Å²) in [6.07, 6.45) is 4.76. The molecule has 5 heteroatoms. The summed E-state index contributed by atoms with van der Waals surface area (Å²) < 4.78 is 1.21. The fourth-order valence-electron chi connectivity index (χ4n) is 2.39. The Morgan fingerprint density at radius 1 is 1.09 bits per heavy atom. The number of amides is 1. The van der Waals surface area contributed by atoms with Gasteiger partial charge in [0.05, 0.1) is 15.2 Å². The van der Waals surface area contributed by atoms with Crippen LogP contribution >= 0.6 is 11.3 Å². The van der Waals surface area contributed by atoms with Gasteiger partial charge in [-0.1, -0.05) is 18.2 Å². The second-order valence-electron chi connectivity index (χ2n) is 5.35. The van der Waals surface area contributed by atoms with Gasteiger partial charge in [0, 0.05) is 31.3 Å². The van der Waals surface area contributed by atoms with Crippen molar-refractivity contribution in [3.8, 4) is 0 Å². The first-order chi connectivity index (χ1) is 11.3. The Morgan fingerprint density at radius 3 is 2.78 bits per heavy atom. The second-order valence-corrected chi connectivity index (χ2v) is 6.47. The lowest BCUT2D eigenvalue weighted by Gasteiger charge is -2.04. The van der Waals surface area contributed by atoms with Crippen LogP contribution in [0.1, 0.15) is 23.5 Å². The van der Waals surface area contributed by atoms with Gasteiger partial charge in [0.1, 0.15) is 0 Å². The van der Waals surface area contributed by atoms with Gasteiger partial charge >= 0.3 is 0 Å². The van der Waals surface area contributed by atoms with Crippen LogP contribution in [0.2, 0.25) is 0 Å². The topological polar surface area (TPSA) is 54.9 Å². The van der Waals surface area contributed by atoms with Crippen LogP contribution in [0.15, 0.2) is 48.7 Å². The molecule has 2 heterocycles. The zero-order valence-corrected chi connectivity index (χ0v) is 13.7. The molecule has 0 atom stereocenters. The Bertz CT molecular complexity index is 737. The number of benzene rings is 1. The van der Waals surface area contributed by atoms with Crippen molar-refractivity contribution in [2.24, 2.45) is 0 Å². The molecule has 0 saturated heterocycles. The van der Waals surface area contributed by atoms with Crippen molar-refractivity contribution in [2.75, 3.05) is 6.54 Å². The van der Waals surface area contributed by atoms with E-state index in [1.54, 1.807) is 17.5 Å². The highest BCUT2D eigenvalue weighted by Crippen LogP contribution is 2.22. The maximum Gasteiger partial charge on any atom is 0.220 e. The third kappa shape index (κ3) is 4.60. The van der Waals surface area contributed by atoms with Gasteiger partial charge < -0.3 is 5.32 Å². The summed E-state index contributed by atoms with van der Waals surface area (Å²) in [5, 5.41) is 4.05. The Balaban J connectivity index is 1.37. The van der Waals surface area contributed by atoms with Crippen LogP contribution in [0.5, 0.6) is 0 Å². The highest BCUT2D eigenvalue weighted by atomic mass is 32.1. The monoisotopic (exact) mass is 325 g/mol. The average Bonchev–Trinajstić information content (AvgIpc) is 2.98. The summed E-state index contributed by atoms with van der Waals surface area (Å²) in [5.74, 6) is 0.0991. The largest absolute Gasteiger partial charge is 0.356 e. The van der Waals surface area contributed by atoms with E-state index in [0.717, 1.165) is 35.5 Å². The molecule has 0 aliphatic carbocycles. The highest BCUT2D eigenvalue weighted by molar-refractivity contribution is 7.18. The average molecular weight is 325 g/mol. The van der Waals surface area contributed by atoms with E-state index in [1.807, 2.05) is 36.4 Å². The van der Waals surface area contributed by atoms with Gasteiger partial charge in [-0.05, 0) is 37.1 Å². The summed E-state index contributed by atoms with van der Waals surface area (Å²) in [7, 11) is 0. The van der Waals surface area contributed by atoms with Crippen LogP contribution in [0, 0.1) is 0 Å². The summed E-state index contributed by atoms with van der Waals surface area (Å²) in [4.78, 5) is 20.7. The van der Waals surface area contributed by atoms with Gasteiger partial charge in [-0.25, -0.2) is 4.98 Å². The lowest BCUT2D eigenvalue weighted by molar-refractivity contribution is -0.121. The van der Waals surface area contributed by atoms with Gasteiger partial charge in [-0.3, -0.25) is 9.78 Å². The molecule has 0 unspecified atom stereocenters. The molecule has 0 spiro atoms. The number of aromatic nitrogens is 2. The maximum absolute atomic E-state index is 11.8. The van der Waals surface area contributed by atoms with Crippen molar-refractivity contribution >= 4 is 27.5 Å². The normalized spacial score (nSPS) is 10.8. The zero-order chi connectivity index (χ0) is 15.9. The van der Waals surface area contributed by atoms with Crippen molar-refractivity contribution < 1.29 is 4.79 Å². The number of fused-ring (bicyclic) bond motifs is 1. The number of pyridine rings is 1. The summed E-state index contributed by atoms with van der Waals surface area (Å²) in [6, 6.07) is 14.0. The van der Waals surface area contributed by atoms with E-state index in [0.29, 0.717) is 13.0 Å². The van der Waals surface area contributed by atoms with Gasteiger partial charge in [0.25, 0.3) is 0 Å². The van der Waals surface area contributed by atoms with Crippen LogP contribution < -0.4 is 5.32 Å². The van der Waals surface area contributed by atoms with Crippen LogP contribution in [0.25, 0.3) is 10.2 Å². The van der Waals surface area contributed by atoms with Crippen molar-refractivity contribution in [3.63, 3.8) is 0 Å². The molecular formula is C18H19N3OS. The number of carbonyl (C=O) groups excluding carboxylic acids is 1. The number of nitrogens with one attached hydrogen (secondary N) is 1. The number of rotatable bonds is 7. The number of carbonyl (C=O) groups is 1. The highest BCUT2D eigenvalue weighted by Gasteiger charge is 2.05. The third-order valence-electron chi connectivity index (χ3n) is 3.56. The van der Waals surface area contributed by atoms with Gasteiger partial charge in [-0.15, -0.1) is 11.3 Å². The zero-order valence-electron chi connectivity index (χ0n) is 12.9. The van der Waals surface area contributed by atoms with Crippen LogP contribution in [0.3, 0.4) is 0 Å². The van der Waals surface area contributed by atoms with E-state index in [9.17, 15) is 4.79 Å². The number of aryl methyl sites for hydroxylation is 1. The number of para-hydroxylation sites is 1. The molecule has 118 valence electrons. The van der Waals surface area contributed by atoms with E-state index in [2.05, 4.69) is 21.4 Å². The molecular weight excluding hydrogens is 306 g/mol.